The number of carbonyl (C=O) groups excluding carboxylic acids is 1. The average molecular weight is 364 g/mol. The molecule has 1 aliphatic rings. The fourth-order valence-electron chi connectivity index (χ4n) is 3.77. The summed E-state index contributed by atoms with van der Waals surface area (Å²) in [4.78, 5) is 34.4. The fourth-order valence-corrected chi connectivity index (χ4v) is 3.77. The number of benzene rings is 1. The van der Waals surface area contributed by atoms with E-state index in [4.69, 9.17) is 0 Å². The van der Waals surface area contributed by atoms with Gasteiger partial charge in [0.2, 0.25) is 5.91 Å². The number of carboxylic acid groups (broad SMARTS) is 1. The summed E-state index contributed by atoms with van der Waals surface area (Å²) >= 11 is 0. The van der Waals surface area contributed by atoms with Crippen molar-refractivity contribution in [2.75, 3.05) is 13.1 Å². The molecule has 2 aromatic heterocycles. The molecule has 1 amide bonds. The van der Waals surface area contributed by atoms with E-state index in [0.29, 0.717) is 19.5 Å². The van der Waals surface area contributed by atoms with Crippen molar-refractivity contribution in [3.8, 4) is 0 Å². The number of hydrogen-bond donors (Lipinski definition) is 1. The number of imidazole rings is 1. The molecule has 1 aromatic carbocycles. The predicted octanol–water partition coefficient (Wildman–Crippen LogP) is 2.15. The maximum atomic E-state index is 12.7. The van der Waals surface area contributed by atoms with Crippen molar-refractivity contribution in [3.63, 3.8) is 0 Å². The Balaban J connectivity index is 1.45. The molecule has 3 aromatic rings. The largest absolute Gasteiger partial charge is 0.481 e. The van der Waals surface area contributed by atoms with Crippen LogP contribution in [0.2, 0.25) is 0 Å². The Morgan fingerprint density at radius 3 is 2.67 bits per heavy atom. The highest BCUT2D eigenvalue weighted by Gasteiger charge is 2.40. The molecule has 0 unspecified atom stereocenters. The molecule has 138 valence electrons. The second kappa shape index (κ2) is 7.19. The van der Waals surface area contributed by atoms with Crippen molar-refractivity contribution >= 4 is 22.9 Å². The highest BCUT2D eigenvalue weighted by molar-refractivity contribution is 5.80. The van der Waals surface area contributed by atoms with Crippen molar-refractivity contribution < 1.29 is 14.7 Å². The number of fused-ring (bicyclic) bond motifs is 1. The van der Waals surface area contributed by atoms with Gasteiger partial charge in [0, 0.05) is 44.4 Å². The lowest BCUT2D eigenvalue weighted by Crippen LogP contribution is -2.30. The van der Waals surface area contributed by atoms with Crippen LogP contribution in [-0.4, -0.2) is 49.5 Å². The number of aliphatic carboxylic acids is 1. The molecular weight excluding hydrogens is 344 g/mol. The molecule has 7 nitrogen and oxygen atoms in total. The topological polar surface area (TPSA) is 88.3 Å². The van der Waals surface area contributed by atoms with Crippen molar-refractivity contribution in [2.24, 2.45) is 5.92 Å². The minimum atomic E-state index is -0.868. The van der Waals surface area contributed by atoms with E-state index in [1.165, 1.54) is 0 Å². The number of amides is 1. The third-order valence-corrected chi connectivity index (χ3v) is 5.22. The smallest absolute Gasteiger partial charge is 0.308 e. The third-order valence-electron chi connectivity index (χ3n) is 5.22. The highest BCUT2D eigenvalue weighted by atomic mass is 16.4. The molecular formula is C20H20N4O3. The molecule has 27 heavy (non-hydrogen) atoms. The first kappa shape index (κ1) is 17.2. The van der Waals surface area contributed by atoms with Gasteiger partial charge in [-0.2, -0.15) is 0 Å². The second-order valence-electron chi connectivity index (χ2n) is 6.81. The van der Waals surface area contributed by atoms with E-state index in [0.717, 1.165) is 16.6 Å². The molecule has 0 saturated carbocycles. The van der Waals surface area contributed by atoms with Crippen molar-refractivity contribution in [3.05, 3.63) is 60.7 Å². The first-order chi connectivity index (χ1) is 13.1. The summed E-state index contributed by atoms with van der Waals surface area (Å²) in [7, 11) is 0. The zero-order valence-electron chi connectivity index (χ0n) is 14.7. The van der Waals surface area contributed by atoms with Gasteiger partial charge in [0.25, 0.3) is 0 Å². The summed E-state index contributed by atoms with van der Waals surface area (Å²) in [5.74, 6) is -1.70. The third kappa shape index (κ3) is 3.40. The lowest BCUT2D eigenvalue weighted by atomic mass is 9.90. The van der Waals surface area contributed by atoms with Gasteiger partial charge in [-0.1, -0.05) is 12.1 Å². The van der Waals surface area contributed by atoms with E-state index in [2.05, 4.69) is 9.97 Å². The summed E-state index contributed by atoms with van der Waals surface area (Å²) in [5, 5.41) is 9.58. The summed E-state index contributed by atoms with van der Waals surface area (Å²) in [6.45, 7) is 1.18. The molecule has 1 N–H and O–H groups in total. The van der Waals surface area contributed by atoms with E-state index in [1.54, 1.807) is 23.6 Å². The Morgan fingerprint density at radius 1 is 1.11 bits per heavy atom. The number of aryl methyl sites for hydroxylation is 1. The average Bonchev–Trinajstić information content (AvgIpc) is 3.32. The van der Waals surface area contributed by atoms with Crippen LogP contribution in [0.25, 0.3) is 11.0 Å². The number of hydrogen-bond acceptors (Lipinski definition) is 4. The van der Waals surface area contributed by atoms with Crippen LogP contribution >= 0.6 is 0 Å². The van der Waals surface area contributed by atoms with Crippen molar-refractivity contribution in [2.45, 2.75) is 18.9 Å². The van der Waals surface area contributed by atoms with Gasteiger partial charge in [-0.15, -0.1) is 0 Å². The summed E-state index contributed by atoms with van der Waals surface area (Å²) in [6.07, 6.45) is 5.36. The van der Waals surface area contributed by atoms with Gasteiger partial charge in [-0.25, -0.2) is 4.98 Å². The number of aromatic nitrogens is 3. The molecule has 1 fully saturated rings. The first-order valence-corrected chi connectivity index (χ1v) is 8.94. The molecule has 0 bridgehead atoms. The van der Waals surface area contributed by atoms with Gasteiger partial charge in [0.1, 0.15) is 0 Å². The molecule has 4 rings (SSSR count). The zero-order valence-corrected chi connectivity index (χ0v) is 14.7. The molecule has 2 atom stereocenters. The van der Waals surface area contributed by atoms with Crippen LogP contribution in [0.4, 0.5) is 0 Å². The van der Waals surface area contributed by atoms with Crippen LogP contribution in [0.15, 0.2) is 55.1 Å². The van der Waals surface area contributed by atoms with Gasteiger partial charge in [-0.3, -0.25) is 14.6 Å². The quantitative estimate of drug-likeness (QED) is 0.749. The van der Waals surface area contributed by atoms with Crippen LogP contribution in [-0.2, 0) is 16.1 Å². The summed E-state index contributed by atoms with van der Waals surface area (Å²) in [6, 6.07) is 11.4. The maximum Gasteiger partial charge on any atom is 0.308 e. The number of likely N-dealkylation sites (tertiary alicyclic amines) is 1. The Bertz CT molecular complexity index is 970. The van der Waals surface area contributed by atoms with E-state index in [1.807, 2.05) is 41.0 Å². The van der Waals surface area contributed by atoms with Crippen LogP contribution in [0.5, 0.6) is 0 Å². The number of nitrogens with zero attached hydrogens (tertiary/aromatic N) is 4. The Hall–Kier alpha value is -3.22. The van der Waals surface area contributed by atoms with Crippen LogP contribution in [0.3, 0.4) is 0 Å². The Kier molecular flexibility index (Phi) is 4.58. The number of carboxylic acids is 1. The van der Waals surface area contributed by atoms with Gasteiger partial charge < -0.3 is 14.6 Å². The Morgan fingerprint density at radius 2 is 1.89 bits per heavy atom. The molecule has 1 aliphatic heterocycles. The monoisotopic (exact) mass is 364 g/mol. The van der Waals surface area contributed by atoms with Gasteiger partial charge in [0.05, 0.1) is 23.3 Å². The Labute approximate surface area is 156 Å². The van der Waals surface area contributed by atoms with Crippen LogP contribution < -0.4 is 0 Å². The molecule has 0 spiro atoms. The summed E-state index contributed by atoms with van der Waals surface area (Å²) in [5.41, 5.74) is 2.80. The maximum absolute atomic E-state index is 12.7. The van der Waals surface area contributed by atoms with Gasteiger partial charge in [-0.05, 0) is 29.8 Å². The molecule has 1 saturated heterocycles. The van der Waals surface area contributed by atoms with E-state index in [-0.39, 0.29) is 18.4 Å². The van der Waals surface area contributed by atoms with Crippen molar-refractivity contribution in [1.82, 2.24) is 19.4 Å². The number of para-hydroxylation sites is 2. The zero-order chi connectivity index (χ0) is 18.8. The molecule has 0 radical (unpaired) electrons. The van der Waals surface area contributed by atoms with Gasteiger partial charge in [0.15, 0.2) is 0 Å². The van der Waals surface area contributed by atoms with E-state index < -0.39 is 11.9 Å². The number of rotatable bonds is 5. The van der Waals surface area contributed by atoms with E-state index >= 15 is 0 Å². The lowest BCUT2D eigenvalue weighted by molar-refractivity contribution is -0.141. The minimum absolute atomic E-state index is 0.0319. The number of carbonyl (C=O) groups is 2. The van der Waals surface area contributed by atoms with Crippen LogP contribution in [0, 0.1) is 5.92 Å². The summed E-state index contributed by atoms with van der Waals surface area (Å²) < 4.78 is 1.96. The SMILES string of the molecule is O=C(O)[C@@H]1CN(C(=O)CCn2cnc3ccccc32)C[C@H]1c1ccncc1. The molecule has 3 heterocycles. The van der Waals surface area contributed by atoms with E-state index in [9.17, 15) is 14.7 Å². The predicted molar refractivity (Wildman–Crippen MR) is 99.0 cm³/mol. The second-order valence-corrected chi connectivity index (χ2v) is 6.81. The fraction of sp³-hybridized carbons (Fsp3) is 0.300. The number of pyridine rings is 1. The molecule has 7 heteroatoms. The van der Waals surface area contributed by atoms with Crippen LogP contribution in [0.1, 0.15) is 17.9 Å². The van der Waals surface area contributed by atoms with Crippen molar-refractivity contribution in [1.29, 1.82) is 0 Å². The first-order valence-electron chi connectivity index (χ1n) is 8.94. The normalized spacial score (nSPS) is 19.5. The lowest BCUT2D eigenvalue weighted by Gasteiger charge is -2.17. The highest BCUT2D eigenvalue weighted by Crippen LogP contribution is 2.33. The van der Waals surface area contributed by atoms with Gasteiger partial charge >= 0.3 is 5.97 Å². The molecule has 0 aliphatic carbocycles. The standard InChI is InChI=1S/C20H20N4O3/c25-19(7-10-23-13-22-17-3-1-2-4-18(17)23)24-11-15(16(12-24)20(26)27)14-5-8-21-9-6-14/h1-6,8-9,13,15-16H,7,10-12H2,(H,26,27)/t15-,16+/m0/s1. The minimum Gasteiger partial charge on any atom is -0.481 e.